The summed E-state index contributed by atoms with van der Waals surface area (Å²) in [5, 5.41) is 6.78. The van der Waals surface area contributed by atoms with Gasteiger partial charge in [0.05, 0.1) is 5.69 Å². The van der Waals surface area contributed by atoms with E-state index in [0.29, 0.717) is 6.04 Å². The van der Waals surface area contributed by atoms with Crippen LogP contribution in [0.25, 0.3) is 0 Å². The summed E-state index contributed by atoms with van der Waals surface area (Å²) in [7, 11) is 0. The minimum atomic E-state index is 0.634. The van der Waals surface area contributed by atoms with Gasteiger partial charge in [0, 0.05) is 24.5 Å². The first-order valence-corrected chi connectivity index (χ1v) is 6.58. The summed E-state index contributed by atoms with van der Waals surface area (Å²) < 4.78 is 0. The van der Waals surface area contributed by atoms with Crippen molar-refractivity contribution < 1.29 is 0 Å². The number of aromatic nitrogens is 1. The van der Waals surface area contributed by atoms with E-state index in [1.807, 2.05) is 0 Å². The number of nitrogens with one attached hydrogen (secondary N) is 1. The number of piperidine rings is 1. The Morgan fingerprint density at radius 2 is 2.53 bits per heavy atom. The molecule has 0 spiro atoms. The summed E-state index contributed by atoms with van der Waals surface area (Å²) in [5.41, 5.74) is 1.14. The molecule has 1 saturated heterocycles. The monoisotopic (exact) mass is 225 g/mol. The second kappa shape index (κ2) is 4.94. The topological polar surface area (TPSA) is 28.2 Å². The molecule has 1 N–H and O–H groups in total. The zero-order valence-corrected chi connectivity index (χ0v) is 10.3. The minimum Gasteiger partial charge on any atom is -0.344 e. The predicted octanol–water partition coefficient (Wildman–Crippen LogP) is 2.03. The van der Waals surface area contributed by atoms with Gasteiger partial charge < -0.3 is 10.2 Å². The summed E-state index contributed by atoms with van der Waals surface area (Å²) in [6, 6.07) is 0.634. The summed E-state index contributed by atoms with van der Waals surface area (Å²) >= 11 is 1.76. The summed E-state index contributed by atoms with van der Waals surface area (Å²) in [5.74, 6) is 0. The number of hydrogen-bond acceptors (Lipinski definition) is 4. The van der Waals surface area contributed by atoms with Crippen LogP contribution in [0.4, 0.5) is 5.13 Å². The van der Waals surface area contributed by atoms with E-state index in [1.54, 1.807) is 11.3 Å². The number of thiazole rings is 1. The number of likely N-dealkylation sites (N-methyl/N-ethyl adjacent to an activating group) is 1. The van der Waals surface area contributed by atoms with E-state index in [-0.39, 0.29) is 0 Å². The Balaban J connectivity index is 2.08. The fourth-order valence-corrected chi connectivity index (χ4v) is 3.06. The maximum Gasteiger partial charge on any atom is 0.185 e. The zero-order valence-electron chi connectivity index (χ0n) is 9.49. The first-order valence-electron chi connectivity index (χ1n) is 5.70. The molecule has 4 heteroatoms. The highest BCUT2D eigenvalue weighted by Gasteiger charge is 2.21. The van der Waals surface area contributed by atoms with Gasteiger partial charge in [-0.05, 0) is 33.2 Å². The summed E-state index contributed by atoms with van der Waals surface area (Å²) in [6.45, 7) is 7.61. The molecule has 3 nitrogen and oxygen atoms in total. The van der Waals surface area contributed by atoms with Crippen molar-refractivity contribution in [1.29, 1.82) is 0 Å². The van der Waals surface area contributed by atoms with Crippen molar-refractivity contribution in [3.63, 3.8) is 0 Å². The van der Waals surface area contributed by atoms with E-state index in [1.165, 1.54) is 24.5 Å². The van der Waals surface area contributed by atoms with Crippen LogP contribution < -0.4 is 10.2 Å². The zero-order chi connectivity index (χ0) is 10.7. The van der Waals surface area contributed by atoms with Crippen LogP contribution in [0.1, 0.15) is 25.5 Å². The van der Waals surface area contributed by atoms with E-state index >= 15 is 0 Å². The molecule has 0 bridgehead atoms. The number of hydrogen-bond donors (Lipinski definition) is 1. The number of aryl methyl sites for hydroxylation is 1. The van der Waals surface area contributed by atoms with E-state index in [2.05, 4.69) is 34.4 Å². The molecule has 1 unspecified atom stereocenters. The maximum absolute atomic E-state index is 4.57. The van der Waals surface area contributed by atoms with Crippen molar-refractivity contribution in [2.24, 2.45) is 0 Å². The molecule has 0 saturated carbocycles. The van der Waals surface area contributed by atoms with Gasteiger partial charge in [-0.3, -0.25) is 0 Å². The Hall–Kier alpha value is -0.610. The molecule has 1 fully saturated rings. The van der Waals surface area contributed by atoms with Gasteiger partial charge in [-0.2, -0.15) is 0 Å². The Labute approximate surface area is 95.5 Å². The lowest BCUT2D eigenvalue weighted by Crippen LogP contribution is -2.46. The third-order valence-electron chi connectivity index (χ3n) is 2.90. The highest BCUT2D eigenvalue weighted by Crippen LogP contribution is 2.24. The molecule has 0 amide bonds. The van der Waals surface area contributed by atoms with Crippen LogP contribution in [0.3, 0.4) is 0 Å². The lowest BCUT2D eigenvalue weighted by molar-refractivity contribution is 0.435. The SMILES string of the molecule is CCN(c1nc(C)cs1)C1CCCNC1. The quantitative estimate of drug-likeness (QED) is 0.853. The van der Waals surface area contributed by atoms with Crippen molar-refractivity contribution in [1.82, 2.24) is 10.3 Å². The third kappa shape index (κ3) is 2.49. The predicted molar refractivity (Wildman–Crippen MR) is 65.8 cm³/mol. The smallest absolute Gasteiger partial charge is 0.185 e. The van der Waals surface area contributed by atoms with Crippen LogP contribution >= 0.6 is 11.3 Å². The van der Waals surface area contributed by atoms with Gasteiger partial charge in [-0.25, -0.2) is 4.98 Å². The molecule has 1 aliphatic rings. The maximum atomic E-state index is 4.57. The van der Waals surface area contributed by atoms with Gasteiger partial charge >= 0.3 is 0 Å². The van der Waals surface area contributed by atoms with Gasteiger partial charge in [0.15, 0.2) is 5.13 Å². The average Bonchev–Trinajstić information content (AvgIpc) is 2.68. The molecule has 84 valence electrons. The fraction of sp³-hybridized carbons (Fsp3) is 0.727. The first-order chi connectivity index (χ1) is 7.31. The first kappa shape index (κ1) is 10.9. The molecule has 0 aromatic carbocycles. The Bertz CT molecular complexity index is 305. The summed E-state index contributed by atoms with van der Waals surface area (Å²) in [6.07, 6.45) is 2.57. The van der Waals surface area contributed by atoms with Crippen LogP contribution in [-0.4, -0.2) is 30.7 Å². The molecule has 2 heterocycles. The van der Waals surface area contributed by atoms with Gasteiger partial charge in [0.1, 0.15) is 0 Å². The van der Waals surface area contributed by atoms with Gasteiger partial charge in [-0.1, -0.05) is 0 Å². The number of nitrogens with zero attached hydrogens (tertiary/aromatic N) is 2. The number of rotatable bonds is 3. The molecule has 1 atom stereocenters. The van der Waals surface area contributed by atoms with Crippen LogP contribution in [0.2, 0.25) is 0 Å². The molecule has 15 heavy (non-hydrogen) atoms. The molecule has 1 aromatic heterocycles. The molecule has 0 radical (unpaired) electrons. The van der Waals surface area contributed by atoms with Crippen LogP contribution in [0.15, 0.2) is 5.38 Å². The van der Waals surface area contributed by atoms with E-state index in [9.17, 15) is 0 Å². The Morgan fingerprint density at radius 3 is 3.07 bits per heavy atom. The van der Waals surface area contributed by atoms with Crippen molar-refractivity contribution in [2.75, 3.05) is 24.5 Å². The van der Waals surface area contributed by atoms with Crippen molar-refractivity contribution in [2.45, 2.75) is 32.7 Å². The van der Waals surface area contributed by atoms with E-state index in [0.717, 1.165) is 18.8 Å². The highest BCUT2D eigenvalue weighted by molar-refractivity contribution is 7.13. The normalized spacial score (nSPS) is 21.6. The largest absolute Gasteiger partial charge is 0.344 e. The molecule has 1 aromatic rings. The summed E-state index contributed by atoms with van der Waals surface area (Å²) in [4.78, 5) is 7.01. The van der Waals surface area contributed by atoms with Crippen molar-refractivity contribution in [3.8, 4) is 0 Å². The Morgan fingerprint density at radius 1 is 1.67 bits per heavy atom. The van der Waals surface area contributed by atoms with Gasteiger partial charge in [0.2, 0.25) is 0 Å². The molecular formula is C11H19N3S. The second-order valence-corrected chi connectivity index (χ2v) is 4.89. The lowest BCUT2D eigenvalue weighted by atomic mass is 10.1. The van der Waals surface area contributed by atoms with E-state index < -0.39 is 0 Å². The van der Waals surface area contributed by atoms with Crippen LogP contribution in [0.5, 0.6) is 0 Å². The van der Waals surface area contributed by atoms with Gasteiger partial charge in [0.25, 0.3) is 0 Å². The molecule has 2 rings (SSSR count). The lowest BCUT2D eigenvalue weighted by Gasteiger charge is -2.33. The van der Waals surface area contributed by atoms with Crippen LogP contribution in [-0.2, 0) is 0 Å². The van der Waals surface area contributed by atoms with E-state index in [4.69, 9.17) is 0 Å². The van der Waals surface area contributed by atoms with Gasteiger partial charge in [-0.15, -0.1) is 11.3 Å². The molecule has 0 aliphatic carbocycles. The number of anilines is 1. The van der Waals surface area contributed by atoms with Crippen LogP contribution in [0, 0.1) is 6.92 Å². The average molecular weight is 225 g/mol. The molecular weight excluding hydrogens is 206 g/mol. The van der Waals surface area contributed by atoms with Crippen molar-refractivity contribution in [3.05, 3.63) is 11.1 Å². The molecule has 1 aliphatic heterocycles. The fourth-order valence-electron chi connectivity index (χ4n) is 2.12. The standard InChI is InChI=1S/C11H19N3S/c1-3-14(10-5-4-6-12-7-10)11-13-9(2)8-15-11/h8,10,12H,3-7H2,1-2H3. The Kier molecular flexibility index (Phi) is 3.59. The minimum absolute atomic E-state index is 0.634. The third-order valence-corrected chi connectivity index (χ3v) is 3.90. The van der Waals surface area contributed by atoms with Crippen molar-refractivity contribution >= 4 is 16.5 Å². The second-order valence-electron chi connectivity index (χ2n) is 4.06. The highest BCUT2D eigenvalue weighted by atomic mass is 32.1.